The van der Waals surface area contributed by atoms with Crippen LogP contribution in [0, 0.1) is 0 Å². The lowest BCUT2D eigenvalue weighted by molar-refractivity contribution is -0.114. The normalized spacial score (nSPS) is 13.9. The molecule has 0 aromatic heterocycles. The van der Waals surface area contributed by atoms with Gasteiger partial charge in [0.25, 0.3) is 5.91 Å². The Morgan fingerprint density at radius 3 is 2.10 bits per heavy atom. The highest BCUT2D eigenvalue weighted by molar-refractivity contribution is 5.97. The summed E-state index contributed by atoms with van der Waals surface area (Å²) in [6.07, 6.45) is 5.66. The van der Waals surface area contributed by atoms with Gasteiger partial charge in [0.2, 0.25) is 5.91 Å². The molecule has 2 aromatic carbocycles. The Labute approximate surface area is 176 Å². The van der Waals surface area contributed by atoms with E-state index in [2.05, 4.69) is 20.7 Å². The molecule has 1 fully saturated rings. The topological polar surface area (TPSA) is 96.5 Å². The van der Waals surface area contributed by atoms with Crippen LogP contribution >= 0.6 is 0 Å². The molecule has 1 aliphatic carbocycles. The fraction of sp³-hybridized carbons (Fsp3) is 0.348. The highest BCUT2D eigenvalue weighted by Gasteiger charge is 2.16. The fourth-order valence-corrected chi connectivity index (χ4v) is 3.45. The van der Waals surface area contributed by atoms with Gasteiger partial charge in [-0.2, -0.15) is 0 Å². The molecular weight excluding hydrogens is 382 g/mol. The molecule has 0 heterocycles. The van der Waals surface area contributed by atoms with E-state index in [1.54, 1.807) is 48.5 Å². The minimum atomic E-state index is -0.407. The number of methoxy groups -OCH3 is 1. The molecule has 7 heteroatoms. The Balaban J connectivity index is 1.45. The van der Waals surface area contributed by atoms with Crippen molar-refractivity contribution in [2.24, 2.45) is 0 Å². The molecular formula is C23H27N3O4. The Morgan fingerprint density at radius 1 is 0.867 bits per heavy atom. The first-order valence-electron chi connectivity index (χ1n) is 10.2. The highest BCUT2D eigenvalue weighted by Crippen LogP contribution is 2.18. The van der Waals surface area contributed by atoms with Crippen LogP contribution in [0.25, 0.3) is 0 Å². The second-order valence-electron chi connectivity index (χ2n) is 7.36. The van der Waals surface area contributed by atoms with Gasteiger partial charge in [0, 0.05) is 23.0 Å². The number of anilines is 2. The number of ether oxygens (including phenoxy) is 1. The SMILES string of the molecule is COC(=O)c1ccc(NCC(=O)Nc2ccc(C(=O)NC3CCCCC3)cc2)cc1. The van der Waals surface area contributed by atoms with Gasteiger partial charge in [0.1, 0.15) is 0 Å². The number of carbonyl (C=O) groups is 3. The molecule has 30 heavy (non-hydrogen) atoms. The summed E-state index contributed by atoms with van der Waals surface area (Å²) >= 11 is 0. The minimum Gasteiger partial charge on any atom is -0.465 e. The minimum absolute atomic E-state index is 0.0709. The summed E-state index contributed by atoms with van der Waals surface area (Å²) in [6, 6.07) is 13.8. The number of carbonyl (C=O) groups excluding carboxylic acids is 3. The predicted octanol–water partition coefficient (Wildman–Crippen LogP) is 3.59. The van der Waals surface area contributed by atoms with Crippen molar-refractivity contribution in [2.45, 2.75) is 38.1 Å². The molecule has 0 spiro atoms. The van der Waals surface area contributed by atoms with Crippen molar-refractivity contribution in [1.82, 2.24) is 5.32 Å². The summed E-state index contributed by atoms with van der Waals surface area (Å²) in [5, 5.41) is 8.87. The maximum atomic E-state index is 12.4. The summed E-state index contributed by atoms with van der Waals surface area (Å²) in [5.74, 6) is -0.696. The van der Waals surface area contributed by atoms with E-state index in [0.717, 1.165) is 12.8 Å². The van der Waals surface area contributed by atoms with Gasteiger partial charge in [-0.15, -0.1) is 0 Å². The van der Waals surface area contributed by atoms with Gasteiger partial charge in [-0.25, -0.2) is 4.79 Å². The molecule has 0 bridgehead atoms. The summed E-state index contributed by atoms with van der Waals surface area (Å²) in [6.45, 7) is 0.0709. The Bertz CT molecular complexity index is 872. The molecule has 1 saturated carbocycles. The van der Waals surface area contributed by atoms with Gasteiger partial charge in [0.05, 0.1) is 19.2 Å². The van der Waals surface area contributed by atoms with Crippen molar-refractivity contribution in [2.75, 3.05) is 24.3 Å². The molecule has 2 aromatic rings. The van der Waals surface area contributed by atoms with E-state index in [0.29, 0.717) is 22.5 Å². The standard InChI is InChI=1S/C23H27N3O4/c1-30-23(29)17-9-11-18(12-10-17)24-15-21(27)25-20-13-7-16(8-14-20)22(28)26-19-5-3-2-4-6-19/h7-14,19,24H,2-6,15H2,1H3,(H,25,27)(H,26,28). The summed E-state index contributed by atoms with van der Waals surface area (Å²) in [4.78, 5) is 35.9. The van der Waals surface area contributed by atoms with Gasteiger partial charge in [-0.3, -0.25) is 9.59 Å². The smallest absolute Gasteiger partial charge is 0.337 e. The van der Waals surface area contributed by atoms with Crippen LogP contribution in [0.4, 0.5) is 11.4 Å². The van der Waals surface area contributed by atoms with Crippen molar-refractivity contribution in [3.05, 3.63) is 59.7 Å². The van der Waals surface area contributed by atoms with Gasteiger partial charge < -0.3 is 20.7 Å². The molecule has 3 N–H and O–H groups in total. The Morgan fingerprint density at radius 2 is 1.47 bits per heavy atom. The van der Waals surface area contributed by atoms with Gasteiger partial charge in [0.15, 0.2) is 0 Å². The van der Waals surface area contributed by atoms with E-state index in [1.807, 2.05) is 0 Å². The summed E-state index contributed by atoms with van der Waals surface area (Å²) < 4.78 is 4.65. The third-order valence-corrected chi connectivity index (χ3v) is 5.13. The molecule has 7 nitrogen and oxygen atoms in total. The van der Waals surface area contributed by atoms with Crippen LogP contribution in [0.5, 0.6) is 0 Å². The summed E-state index contributed by atoms with van der Waals surface area (Å²) in [5.41, 5.74) is 2.37. The molecule has 3 rings (SSSR count). The number of hydrogen-bond donors (Lipinski definition) is 3. The van der Waals surface area contributed by atoms with Crippen molar-refractivity contribution in [3.63, 3.8) is 0 Å². The number of esters is 1. The van der Waals surface area contributed by atoms with Crippen LogP contribution in [0.15, 0.2) is 48.5 Å². The maximum absolute atomic E-state index is 12.4. The third kappa shape index (κ3) is 6.07. The van der Waals surface area contributed by atoms with E-state index < -0.39 is 5.97 Å². The fourth-order valence-electron chi connectivity index (χ4n) is 3.45. The zero-order valence-corrected chi connectivity index (χ0v) is 17.1. The molecule has 0 saturated heterocycles. The van der Waals surface area contributed by atoms with Gasteiger partial charge >= 0.3 is 5.97 Å². The average Bonchev–Trinajstić information content (AvgIpc) is 2.78. The molecule has 0 atom stereocenters. The first kappa shape index (κ1) is 21.4. The quantitative estimate of drug-likeness (QED) is 0.608. The first-order chi connectivity index (χ1) is 14.5. The van der Waals surface area contributed by atoms with Crippen LogP contribution in [0.3, 0.4) is 0 Å². The molecule has 158 valence electrons. The van der Waals surface area contributed by atoms with E-state index in [9.17, 15) is 14.4 Å². The van der Waals surface area contributed by atoms with Crippen molar-refractivity contribution in [1.29, 1.82) is 0 Å². The lowest BCUT2D eigenvalue weighted by Gasteiger charge is -2.22. The number of amides is 2. The zero-order chi connectivity index (χ0) is 21.3. The van der Waals surface area contributed by atoms with Crippen LogP contribution in [0.2, 0.25) is 0 Å². The predicted molar refractivity (Wildman–Crippen MR) is 116 cm³/mol. The van der Waals surface area contributed by atoms with E-state index in [-0.39, 0.29) is 24.4 Å². The Hall–Kier alpha value is -3.35. The lowest BCUT2D eigenvalue weighted by Crippen LogP contribution is -2.36. The molecule has 0 unspecified atom stereocenters. The van der Waals surface area contributed by atoms with Crippen LogP contribution < -0.4 is 16.0 Å². The molecule has 0 aliphatic heterocycles. The van der Waals surface area contributed by atoms with Crippen molar-refractivity contribution < 1.29 is 19.1 Å². The summed E-state index contributed by atoms with van der Waals surface area (Å²) in [7, 11) is 1.33. The Kier molecular flexibility index (Phi) is 7.43. The number of rotatable bonds is 7. The monoisotopic (exact) mass is 409 g/mol. The highest BCUT2D eigenvalue weighted by atomic mass is 16.5. The van der Waals surface area contributed by atoms with E-state index in [1.165, 1.54) is 26.4 Å². The van der Waals surface area contributed by atoms with Crippen LogP contribution in [-0.4, -0.2) is 37.5 Å². The largest absolute Gasteiger partial charge is 0.465 e. The second-order valence-corrected chi connectivity index (χ2v) is 7.36. The molecule has 2 amide bonds. The number of benzene rings is 2. The van der Waals surface area contributed by atoms with E-state index in [4.69, 9.17) is 0 Å². The van der Waals surface area contributed by atoms with Crippen LogP contribution in [0.1, 0.15) is 52.8 Å². The molecule has 0 radical (unpaired) electrons. The van der Waals surface area contributed by atoms with E-state index >= 15 is 0 Å². The zero-order valence-electron chi connectivity index (χ0n) is 17.1. The first-order valence-corrected chi connectivity index (χ1v) is 10.2. The average molecular weight is 409 g/mol. The second kappa shape index (κ2) is 10.4. The van der Waals surface area contributed by atoms with Crippen LogP contribution in [-0.2, 0) is 9.53 Å². The number of nitrogens with one attached hydrogen (secondary N) is 3. The molecule has 1 aliphatic rings. The third-order valence-electron chi connectivity index (χ3n) is 5.13. The lowest BCUT2D eigenvalue weighted by atomic mass is 9.95. The van der Waals surface area contributed by atoms with Gasteiger partial charge in [-0.05, 0) is 61.4 Å². The van der Waals surface area contributed by atoms with Crippen molar-refractivity contribution >= 4 is 29.2 Å². The van der Waals surface area contributed by atoms with Gasteiger partial charge in [-0.1, -0.05) is 19.3 Å². The maximum Gasteiger partial charge on any atom is 0.337 e. The number of hydrogen-bond acceptors (Lipinski definition) is 5. The van der Waals surface area contributed by atoms with Crippen molar-refractivity contribution in [3.8, 4) is 0 Å².